The molecule has 2 nitrogen and oxygen atoms in total. The van der Waals surface area contributed by atoms with Gasteiger partial charge >= 0.3 is 0 Å². The Labute approximate surface area is 160 Å². The molecule has 25 heavy (non-hydrogen) atoms. The number of amides is 1. The molecule has 4 aliphatic rings. The molecule has 1 aromatic carbocycles. The van der Waals surface area contributed by atoms with Crippen molar-refractivity contribution in [1.29, 1.82) is 0 Å². The van der Waals surface area contributed by atoms with Gasteiger partial charge in [0.15, 0.2) is 0 Å². The molecule has 0 saturated heterocycles. The summed E-state index contributed by atoms with van der Waals surface area (Å²) in [6.45, 7) is 5.29. The van der Waals surface area contributed by atoms with Gasteiger partial charge in [-0.3, -0.25) is 4.79 Å². The molecule has 4 aliphatic carbocycles. The minimum Gasteiger partial charge on any atom is -0.355 e. The van der Waals surface area contributed by atoms with Crippen molar-refractivity contribution in [3.8, 4) is 0 Å². The van der Waals surface area contributed by atoms with Gasteiger partial charge in [0.25, 0.3) is 0 Å². The molecule has 0 radical (unpaired) electrons. The van der Waals surface area contributed by atoms with Crippen LogP contribution >= 0.6 is 15.9 Å². The van der Waals surface area contributed by atoms with Crippen molar-refractivity contribution in [3.63, 3.8) is 0 Å². The molecule has 0 aliphatic heterocycles. The molecule has 136 valence electrons. The number of rotatable bonds is 5. The summed E-state index contributed by atoms with van der Waals surface area (Å²) in [5, 5.41) is 3.36. The zero-order valence-corrected chi connectivity index (χ0v) is 17.1. The third-order valence-corrected chi connectivity index (χ3v) is 7.37. The Bertz CT molecular complexity index is 613. The van der Waals surface area contributed by atoms with Crippen LogP contribution in [0.3, 0.4) is 0 Å². The highest BCUT2D eigenvalue weighted by Gasteiger charge is 2.54. The summed E-state index contributed by atoms with van der Waals surface area (Å²) in [7, 11) is 0. The van der Waals surface area contributed by atoms with E-state index in [1.54, 1.807) is 0 Å². The second kappa shape index (κ2) is 6.40. The van der Waals surface area contributed by atoms with Crippen LogP contribution in [0.5, 0.6) is 0 Å². The van der Waals surface area contributed by atoms with Crippen LogP contribution in [-0.2, 0) is 11.2 Å². The highest BCUT2D eigenvalue weighted by Crippen LogP contribution is 2.60. The van der Waals surface area contributed by atoms with Crippen LogP contribution in [-0.4, -0.2) is 12.5 Å². The quantitative estimate of drug-likeness (QED) is 0.704. The van der Waals surface area contributed by atoms with Crippen LogP contribution in [0.2, 0.25) is 0 Å². The smallest absolute Gasteiger partial charge is 0.226 e. The van der Waals surface area contributed by atoms with Crippen LogP contribution in [0, 0.1) is 28.6 Å². The second-order valence-corrected chi connectivity index (χ2v) is 10.8. The van der Waals surface area contributed by atoms with Gasteiger partial charge in [0.2, 0.25) is 5.91 Å². The third kappa shape index (κ3) is 3.67. The van der Waals surface area contributed by atoms with Gasteiger partial charge in [0.1, 0.15) is 0 Å². The molecule has 5 rings (SSSR count). The van der Waals surface area contributed by atoms with E-state index in [0.717, 1.165) is 54.5 Å². The maximum atomic E-state index is 13.1. The van der Waals surface area contributed by atoms with E-state index in [1.165, 1.54) is 24.8 Å². The zero-order valence-electron chi connectivity index (χ0n) is 15.5. The van der Waals surface area contributed by atoms with Gasteiger partial charge < -0.3 is 5.32 Å². The van der Waals surface area contributed by atoms with Crippen LogP contribution < -0.4 is 5.32 Å². The first-order valence-corrected chi connectivity index (χ1v) is 10.7. The lowest BCUT2D eigenvalue weighted by molar-refractivity contribution is -0.146. The maximum absolute atomic E-state index is 13.1. The monoisotopic (exact) mass is 403 g/mol. The predicted molar refractivity (Wildman–Crippen MR) is 105 cm³/mol. The minimum absolute atomic E-state index is 0.0254. The molecule has 1 amide bonds. The summed E-state index contributed by atoms with van der Waals surface area (Å²) in [6.07, 6.45) is 8.61. The van der Waals surface area contributed by atoms with Gasteiger partial charge in [-0.05, 0) is 85.8 Å². The fourth-order valence-corrected chi connectivity index (χ4v) is 6.38. The summed E-state index contributed by atoms with van der Waals surface area (Å²) < 4.78 is 1.11. The van der Waals surface area contributed by atoms with Crippen molar-refractivity contribution in [2.75, 3.05) is 6.54 Å². The number of carbonyl (C=O) groups excluding carboxylic acids is 1. The van der Waals surface area contributed by atoms with Gasteiger partial charge in [-0.25, -0.2) is 0 Å². The molecule has 0 atom stereocenters. The first-order chi connectivity index (χ1) is 11.8. The van der Waals surface area contributed by atoms with Gasteiger partial charge in [0.05, 0.1) is 0 Å². The molecule has 1 aromatic rings. The fourth-order valence-electron chi connectivity index (χ4n) is 6.11. The van der Waals surface area contributed by atoms with Gasteiger partial charge in [-0.2, -0.15) is 0 Å². The van der Waals surface area contributed by atoms with Crippen LogP contribution in [0.15, 0.2) is 28.7 Å². The molecule has 3 heteroatoms. The number of nitrogens with one attached hydrogen (secondary N) is 1. The lowest BCUT2D eigenvalue weighted by Crippen LogP contribution is -2.54. The minimum atomic E-state index is -0.0254. The molecule has 4 saturated carbocycles. The second-order valence-electron chi connectivity index (χ2n) is 9.85. The molecular weight excluding hydrogens is 374 g/mol. The van der Waals surface area contributed by atoms with Gasteiger partial charge in [-0.15, -0.1) is 0 Å². The van der Waals surface area contributed by atoms with Crippen molar-refractivity contribution in [2.45, 2.75) is 58.8 Å². The average Bonchev–Trinajstić information content (AvgIpc) is 2.53. The molecule has 0 unspecified atom stereocenters. The SMILES string of the molecule is CC(C)(CNC(=O)C12CC3CC(CC(C3)C1)C2)Cc1ccc(Br)cc1. The summed E-state index contributed by atoms with van der Waals surface area (Å²) in [5.41, 5.74) is 1.38. The maximum Gasteiger partial charge on any atom is 0.226 e. The Morgan fingerprint density at radius 1 is 1.08 bits per heavy atom. The average molecular weight is 404 g/mol. The number of hydrogen-bond donors (Lipinski definition) is 1. The molecule has 4 fully saturated rings. The zero-order chi connectivity index (χ0) is 17.7. The van der Waals surface area contributed by atoms with Crippen molar-refractivity contribution < 1.29 is 4.79 Å². The normalized spacial score (nSPS) is 33.5. The van der Waals surface area contributed by atoms with E-state index in [0.29, 0.717) is 5.91 Å². The van der Waals surface area contributed by atoms with Crippen LogP contribution in [0.1, 0.15) is 57.9 Å². The Balaban J connectivity index is 1.37. The highest BCUT2D eigenvalue weighted by atomic mass is 79.9. The van der Waals surface area contributed by atoms with Crippen molar-refractivity contribution in [3.05, 3.63) is 34.3 Å². The van der Waals surface area contributed by atoms with Gasteiger partial charge in [-0.1, -0.05) is 41.9 Å². The lowest BCUT2D eigenvalue weighted by atomic mass is 9.49. The van der Waals surface area contributed by atoms with Crippen molar-refractivity contribution in [1.82, 2.24) is 5.32 Å². The van der Waals surface area contributed by atoms with E-state index in [4.69, 9.17) is 0 Å². The highest BCUT2D eigenvalue weighted by molar-refractivity contribution is 9.10. The number of carbonyl (C=O) groups is 1. The van der Waals surface area contributed by atoms with Crippen LogP contribution in [0.4, 0.5) is 0 Å². The largest absolute Gasteiger partial charge is 0.355 e. The van der Waals surface area contributed by atoms with E-state index in [9.17, 15) is 4.79 Å². The van der Waals surface area contributed by atoms with E-state index in [1.807, 2.05) is 0 Å². The summed E-state index contributed by atoms with van der Waals surface area (Å²) in [5.74, 6) is 2.84. The standard InChI is InChI=1S/C22H30BrNO/c1-21(2,10-15-3-5-19(23)6-4-15)14-24-20(25)22-11-16-7-17(12-22)9-18(8-16)13-22/h3-6,16-18H,7-14H2,1-2H3,(H,24,25). The Kier molecular flexibility index (Phi) is 4.50. The van der Waals surface area contributed by atoms with E-state index in [2.05, 4.69) is 59.4 Å². The molecule has 0 heterocycles. The number of hydrogen-bond acceptors (Lipinski definition) is 1. The number of benzene rings is 1. The summed E-state index contributed by atoms with van der Waals surface area (Å²) >= 11 is 3.49. The molecule has 0 aromatic heterocycles. The van der Waals surface area contributed by atoms with Gasteiger partial charge in [0, 0.05) is 16.4 Å². The van der Waals surface area contributed by atoms with E-state index in [-0.39, 0.29) is 10.8 Å². The molecular formula is C22H30BrNO. The van der Waals surface area contributed by atoms with Crippen LogP contribution in [0.25, 0.3) is 0 Å². The first kappa shape index (κ1) is 17.6. The molecule has 4 bridgehead atoms. The first-order valence-electron chi connectivity index (χ1n) is 9.86. The predicted octanol–water partition coefficient (Wildman–Crippen LogP) is 5.35. The molecule has 1 N–H and O–H groups in total. The summed E-state index contributed by atoms with van der Waals surface area (Å²) in [4.78, 5) is 13.1. The fraction of sp³-hybridized carbons (Fsp3) is 0.682. The Morgan fingerprint density at radius 3 is 2.12 bits per heavy atom. The van der Waals surface area contributed by atoms with Crippen molar-refractivity contribution in [2.24, 2.45) is 28.6 Å². The van der Waals surface area contributed by atoms with E-state index < -0.39 is 0 Å². The molecule has 0 spiro atoms. The Morgan fingerprint density at radius 2 is 1.60 bits per heavy atom. The van der Waals surface area contributed by atoms with Crippen molar-refractivity contribution >= 4 is 21.8 Å². The van der Waals surface area contributed by atoms with E-state index >= 15 is 0 Å². The Hall–Kier alpha value is -0.830. The lowest BCUT2D eigenvalue weighted by Gasteiger charge is -2.55. The number of halogens is 1. The third-order valence-electron chi connectivity index (χ3n) is 6.84. The summed E-state index contributed by atoms with van der Waals surface area (Å²) in [6, 6.07) is 8.54. The topological polar surface area (TPSA) is 29.1 Å².